The van der Waals surface area contributed by atoms with E-state index in [4.69, 9.17) is 0 Å². The number of fused-ring (bicyclic) bond motifs is 1. The van der Waals surface area contributed by atoms with Crippen LogP contribution in [0, 0.1) is 5.41 Å². The predicted octanol–water partition coefficient (Wildman–Crippen LogP) is 5.18. The fourth-order valence-electron chi connectivity index (χ4n) is 2.50. The van der Waals surface area contributed by atoms with Gasteiger partial charge in [0, 0.05) is 0 Å². The van der Waals surface area contributed by atoms with Crippen molar-refractivity contribution in [2.24, 2.45) is 5.41 Å². The molecule has 0 N–H and O–H groups in total. The van der Waals surface area contributed by atoms with Gasteiger partial charge in [-0.25, -0.2) is 0 Å². The topological polar surface area (TPSA) is 0 Å². The largest absolute Gasteiger partial charge is 0.105 e. The monoisotopic (exact) mass is 270 g/mol. The van der Waals surface area contributed by atoms with Crippen molar-refractivity contribution < 1.29 is 0 Å². The van der Waals surface area contributed by atoms with Crippen LogP contribution in [-0.4, -0.2) is 0 Å². The van der Waals surface area contributed by atoms with Crippen LogP contribution in [0.3, 0.4) is 0 Å². The van der Waals surface area contributed by atoms with E-state index in [1.807, 2.05) is 0 Å². The first-order valence-corrected chi connectivity index (χ1v) is 7.49. The van der Waals surface area contributed by atoms with Crippen LogP contribution in [0.25, 0.3) is 16.3 Å². The molecule has 0 aliphatic heterocycles. The third-order valence-corrected chi connectivity index (χ3v) is 3.80. The van der Waals surface area contributed by atoms with Gasteiger partial charge in [-0.05, 0) is 39.0 Å². The maximum atomic E-state index is 2.83. The molecule has 0 saturated carbocycles. The second kappa shape index (κ2) is 5.47. The summed E-state index contributed by atoms with van der Waals surface area (Å²) in [5.41, 5.74) is 3.03. The summed E-state index contributed by atoms with van der Waals surface area (Å²) in [6, 6.07) is 13.1. The molecule has 2 aromatic rings. The van der Waals surface area contributed by atoms with Crippen molar-refractivity contribution in [2.45, 2.75) is 34.1 Å². The van der Waals surface area contributed by atoms with Gasteiger partial charge in [0.25, 0.3) is 0 Å². The van der Waals surface area contributed by atoms with Gasteiger partial charge >= 0.3 is 0 Å². The SMILES string of the molecule is CC/C(=C\C(C)(C)C)c1ccc(P)c2ccccc12. The number of hydrogen-bond acceptors (Lipinski definition) is 0. The van der Waals surface area contributed by atoms with E-state index in [1.165, 1.54) is 27.2 Å². The van der Waals surface area contributed by atoms with Gasteiger partial charge in [0.15, 0.2) is 0 Å². The lowest BCUT2D eigenvalue weighted by molar-refractivity contribution is 0.544. The number of benzene rings is 2. The fourth-order valence-corrected chi connectivity index (χ4v) is 2.84. The molecule has 0 bridgehead atoms. The Morgan fingerprint density at radius 2 is 1.68 bits per heavy atom. The average molecular weight is 270 g/mol. The molecule has 19 heavy (non-hydrogen) atoms. The van der Waals surface area contributed by atoms with Crippen LogP contribution in [0.2, 0.25) is 0 Å². The molecule has 0 saturated heterocycles. The number of hydrogen-bond donors (Lipinski definition) is 0. The Labute approximate surface area is 119 Å². The molecule has 0 aromatic heterocycles. The van der Waals surface area contributed by atoms with Crippen molar-refractivity contribution in [3.8, 4) is 0 Å². The highest BCUT2D eigenvalue weighted by Gasteiger charge is 2.11. The first-order valence-electron chi connectivity index (χ1n) is 6.91. The van der Waals surface area contributed by atoms with Crippen molar-refractivity contribution in [3.05, 3.63) is 48.0 Å². The maximum Gasteiger partial charge on any atom is -0.0103 e. The van der Waals surface area contributed by atoms with Gasteiger partial charge in [0.1, 0.15) is 0 Å². The Bertz CT molecular complexity index is 615. The lowest BCUT2D eigenvalue weighted by Gasteiger charge is -2.18. The highest BCUT2D eigenvalue weighted by molar-refractivity contribution is 7.28. The van der Waals surface area contributed by atoms with E-state index in [2.05, 4.69) is 79.4 Å². The van der Waals surface area contributed by atoms with Crippen molar-refractivity contribution in [1.29, 1.82) is 0 Å². The molecule has 2 rings (SSSR count). The molecule has 0 nitrogen and oxygen atoms in total. The molecule has 1 atom stereocenters. The van der Waals surface area contributed by atoms with Gasteiger partial charge < -0.3 is 0 Å². The number of rotatable bonds is 2. The van der Waals surface area contributed by atoms with Crippen molar-refractivity contribution in [2.75, 3.05) is 0 Å². The smallest absolute Gasteiger partial charge is 0.0103 e. The summed E-state index contributed by atoms with van der Waals surface area (Å²) in [7, 11) is 2.83. The van der Waals surface area contributed by atoms with Gasteiger partial charge in [-0.2, -0.15) is 0 Å². The van der Waals surface area contributed by atoms with E-state index in [0.29, 0.717) is 0 Å². The van der Waals surface area contributed by atoms with Crippen LogP contribution in [-0.2, 0) is 0 Å². The zero-order valence-corrected chi connectivity index (χ0v) is 13.5. The van der Waals surface area contributed by atoms with Crippen LogP contribution >= 0.6 is 9.24 Å². The minimum Gasteiger partial charge on any atom is -0.105 e. The summed E-state index contributed by atoms with van der Waals surface area (Å²) in [5.74, 6) is 0. The number of allylic oxidation sites excluding steroid dienone is 2. The molecule has 100 valence electrons. The van der Waals surface area contributed by atoms with Crippen molar-refractivity contribution in [1.82, 2.24) is 0 Å². The first-order chi connectivity index (χ1) is 8.92. The van der Waals surface area contributed by atoms with Crippen molar-refractivity contribution >= 4 is 30.9 Å². The molecule has 0 spiro atoms. The van der Waals surface area contributed by atoms with Gasteiger partial charge in [-0.1, -0.05) is 70.2 Å². The molecular weight excluding hydrogens is 247 g/mol. The Balaban J connectivity index is 2.69. The Morgan fingerprint density at radius 1 is 1.05 bits per heavy atom. The normalized spacial score (nSPS) is 13.0. The Hall–Kier alpha value is -1.13. The lowest BCUT2D eigenvalue weighted by atomic mass is 9.88. The molecule has 0 aliphatic rings. The average Bonchev–Trinajstić information content (AvgIpc) is 2.36. The molecule has 0 radical (unpaired) electrons. The quantitative estimate of drug-likeness (QED) is 0.660. The summed E-state index contributed by atoms with van der Waals surface area (Å²) in [6.45, 7) is 9.01. The highest BCUT2D eigenvalue weighted by Crippen LogP contribution is 2.30. The molecule has 1 heteroatoms. The van der Waals surface area contributed by atoms with Crippen LogP contribution in [0.5, 0.6) is 0 Å². The zero-order valence-electron chi connectivity index (χ0n) is 12.3. The standard InChI is InChI=1S/C18H23P/c1-5-13(12-18(2,3)4)14-10-11-17(19)16-9-7-6-8-15(14)16/h6-12H,5,19H2,1-4H3/b13-12+. The third kappa shape index (κ3) is 3.25. The van der Waals surface area contributed by atoms with E-state index in [-0.39, 0.29) is 5.41 Å². The maximum absolute atomic E-state index is 2.83. The fraction of sp³-hybridized carbons (Fsp3) is 0.333. The van der Waals surface area contributed by atoms with E-state index < -0.39 is 0 Å². The minimum atomic E-state index is 0.214. The van der Waals surface area contributed by atoms with Crippen LogP contribution in [0.1, 0.15) is 39.7 Å². The van der Waals surface area contributed by atoms with Crippen LogP contribution < -0.4 is 5.30 Å². The highest BCUT2D eigenvalue weighted by atomic mass is 31.0. The third-order valence-electron chi connectivity index (χ3n) is 3.29. The Morgan fingerprint density at radius 3 is 2.26 bits per heavy atom. The van der Waals surface area contributed by atoms with Gasteiger partial charge in [0.2, 0.25) is 0 Å². The molecule has 2 aromatic carbocycles. The van der Waals surface area contributed by atoms with Gasteiger partial charge in [-0.15, -0.1) is 9.24 Å². The predicted molar refractivity (Wildman–Crippen MR) is 91.0 cm³/mol. The molecule has 0 heterocycles. The van der Waals surface area contributed by atoms with E-state index in [1.54, 1.807) is 0 Å². The summed E-state index contributed by atoms with van der Waals surface area (Å²) in [6.07, 6.45) is 3.47. The second-order valence-electron chi connectivity index (χ2n) is 6.14. The van der Waals surface area contributed by atoms with Crippen molar-refractivity contribution in [3.63, 3.8) is 0 Å². The summed E-state index contributed by atoms with van der Waals surface area (Å²) < 4.78 is 0. The summed E-state index contributed by atoms with van der Waals surface area (Å²) in [4.78, 5) is 0. The van der Waals surface area contributed by atoms with E-state index in [9.17, 15) is 0 Å². The van der Waals surface area contributed by atoms with E-state index >= 15 is 0 Å². The van der Waals surface area contributed by atoms with E-state index in [0.717, 1.165) is 6.42 Å². The lowest BCUT2D eigenvalue weighted by Crippen LogP contribution is -2.02. The van der Waals surface area contributed by atoms with Crippen LogP contribution in [0.4, 0.5) is 0 Å². The Kier molecular flexibility index (Phi) is 4.11. The molecule has 0 amide bonds. The van der Waals surface area contributed by atoms with Gasteiger partial charge in [-0.3, -0.25) is 0 Å². The second-order valence-corrected chi connectivity index (χ2v) is 6.76. The molecular formula is C18H23P. The molecule has 0 fully saturated rings. The first kappa shape index (κ1) is 14.3. The summed E-state index contributed by atoms with van der Waals surface area (Å²) >= 11 is 0. The summed E-state index contributed by atoms with van der Waals surface area (Å²) in [5, 5.41) is 3.95. The minimum absolute atomic E-state index is 0.214. The van der Waals surface area contributed by atoms with Gasteiger partial charge in [0.05, 0.1) is 0 Å². The molecule has 0 aliphatic carbocycles. The molecule has 1 unspecified atom stereocenters. The van der Waals surface area contributed by atoms with Crippen LogP contribution in [0.15, 0.2) is 42.5 Å². The zero-order chi connectivity index (χ0) is 14.0.